The molecule has 6 nitrogen and oxygen atoms in total. The summed E-state index contributed by atoms with van der Waals surface area (Å²) < 4.78 is 26.0. The number of rotatable bonds is 4. The minimum atomic E-state index is -3.77. The summed E-state index contributed by atoms with van der Waals surface area (Å²) in [6, 6.07) is 9.93. The summed E-state index contributed by atoms with van der Waals surface area (Å²) in [7, 11) is -2.33. The van der Waals surface area contributed by atoms with Crippen LogP contribution in [-0.4, -0.2) is 29.7 Å². The van der Waals surface area contributed by atoms with Gasteiger partial charge in [-0.2, -0.15) is 9.57 Å². The molecule has 0 N–H and O–H groups in total. The molecule has 0 saturated carbocycles. The lowest BCUT2D eigenvalue weighted by Gasteiger charge is -2.17. The van der Waals surface area contributed by atoms with Gasteiger partial charge in [-0.3, -0.25) is 4.98 Å². The maximum absolute atomic E-state index is 12.4. The second-order valence-electron chi connectivity index (χ2n) is 4.04. The molecule has 0 bridgehead atoms. The molecular weight excluding hydrogens is 276 g/mol. The molecule has 7 heteroatoms. The molecule has 0 unspecified atom stereocenters. The Labute approximate surface area is 117 Å². The van der Waals surface area contributed by atoms with E-state index < -0.39 is 10.0 Å². The van der Waals surface area contributed by atoms with Crippen molar-refractivity contribution in [3.8, 4) is 6.07 Å². The van der Waals surface area contributed by atoms with Crippen molar-refractivity contribution in [2.45, 2.75) is 11.4 Å². The highest BCUT2D eigenvalue weighted by Crippen LogP contribution is 2.18. The van der Waals surface area contributed by atoms with Gasteiger partial charge >= 0.3 is 0 Å². The molecule has 0 aromatic carbocycles. The molecule has 0 aliphatic carbocycles. The van der Waals surface area contributed by atoms with Crippen molar-refractivity contribution in [3.05, 3.63) is 54.1 Å². The van der Waals surface area contributed by atoms with Crippen LogP contribution in [0.2, 0.25) is 0 Å². The number of nitrogens with zero attached hydrogens (tertiary/aromatic N) is 4. The van der Waals surface area contributed by atoms with E-state index in [1.165, 1.54) is 25.4 Å². The van der Waals surface area contributed by atoms with Crippen LogP contribution in [-0.2, 0) is 16.6 Å². The fraction of sp³-hybridized carbons (Fsp3) is 0.154. The van der Waals surface area contributed by atoms with Crippen LogP contribution < -0.4 is 0 Å². The Hall–Kier alpha value is -2.30. The van der Waals surface area contributed by atoms with Crippen molar-refractivity contribution in [1.82, 2.24) is 14.3 Å². The van der Waals surface area contributed by atoms with E-state index in [-0.39, 0.29) is 17.1 Å². The van der Waals surface area contributed by atoms with E-state index in [1.807, 2.05) is 0 Å². The highest BCUT2D eigenvalue weighted by Gasteiger charge is 2.24. The summed E-state index contributed by atoms with van der Waals surface area (Å²) in [6.45, 7) is 0.128. The maximum Gasteiger partial charge on any atom is 0.246 e. The molecule has 102 valence electrons. The Morgan fingerprint density at radius 1 is 1.20 bits per heavy atom. The van der Waals surface area contributed by atoms with Crippen LogP contribution in [0.15, 0.2) is 47.6 Å². The molecular formula is C13H12N4O2S. The molecule has 2 heterocycles. The van der Waals surface area contributed by atoms with E-state index in [2.05, 4.69) is 9.97 Å². The Bertz CT molecular complexity index is 738. The number of pyridine rings is 2. The number of hydrogen-bond donors (Lipinski definition) is 0. The van der Waals surface area contributed by atoms with Crippen LogP contribution in [0, 0.1) is 11.3 Å². The molecule has 0 aliphatic heterocycles. The first kappa shape index (κ1) is 14.1. The van der Waals surface area contributed by atoms with Gasteiger partial charge in [-0.05, 0) is 24.3 Å². The number of sulfonamides is 1. The van der Waals surface area contributed by atoms with Gasteiger partial charge in [0.25, 0.3) is 0 Å². The highest BCUT2D eigenvalue weighted by molar-refractivity contribution is 7.89. The largest absolute Gasteiger partial charge is 0.260 e. The highest BCUT2D eigenvalue weighted by atomic mass is 32.2. The molecule has 0 radical (unpaired) electrons. The van der Waals surface area contributed by atoms with Gasteiger partial charge in [-0.1, -0.05) is 6.07 Å². The Balaban J connectivity index is 2.33. The average molecular weight is 288 g/mol. The Morgan fingerprint density at radius 3 is 2.60 bits per heavy atom. The second kappa shape index (κ2) is 5.77. The van der Waals surface area contributed by atoms with Crippen molar-refractivity contribution in [2.24, 2.45) is 0 Å². The lowest BCUT2D eigenvalue weighted by molar-refractivity contribution is 0.461. The van der Waals surface area contributed by atoms with Crippen molar-refractivity contribution < 1.29 is 8.42 Å². The molecule has 0 amide bonds. The average Bonchev–Trinajstić information content (AvgIpc) is 2.48. The summed E-state index contributed by atoms with van der Waals surface area (Å²) in [6.07, 6.45) is 2.98. The van der Waals surface area contributed by atoms with Gasteiger partial charge in [0, 0.05) is 19.4 Å². The molecule has 2 aromatic heterocycles. The fourth-order valence-corrected chi connectivity index (χ4v) is 2.89. The smallest absolute Gasteiger partial charge is 0.246 e. The van der Waals surface area contributed by atoms with E-state index >= 15 is 0 Å². The molecule has 0 spiro atoms. The molecule has 0 fully saturated rings. The van der Waals surface area contributed by atoms with Crippen LogP contribution in [0.5, 0.6) is 0 Å². The zero-order chi connectivity index (χ0) is 14.6. The van der Waals surface area contributed by atoms with Crippen LogP contribution in [0.1, 0.15) is 11.4 Å². The van der Waals surface area contributed by atoms with E-state index in [1.54, 1.807) is 30.5 Å². The standard InChI is InChI=1S/C13H12N4O2S/c1-17(10-11-5-2-3-7-15-11)20(18,19)13-6-4-8-16-12(13)9-14/h2-8H,10H2,1H3. The molecule has 2 rings (SSSR count). The lowest BCUT2D eigenvalue weighted by atomic mass is 10.3. The first-order valence-corrected chi connectivity index (χ1v) is 7.21. The summed E-state index contributed by atoms with van der Waals surface area (Å²) >= 11 is 0. The zero-order valence-corrected chi connectivity index (χ0v) is 11.6. The van der Waals surface area contributed by atoms with Gasteiger partial charge in [-0.25, -0.2) is 13.4 Å². The third-order valence-corrected chi connectivity index (χ3v) is 4.51. The van der Waals surface area contributed by atoms with Crippen LogP contribution in [0.25, 0.3) is 0 Å². The number of aromatic nitrogens is 2. The Morgan fingerprint density at radius 2 is 1.95 bits per heavy atom. The first-order chi connectivity index (χ1) is 9.55. The van der Waals surface area contributed by atoms with Crippen molar-refractivity contribution >= 4 is 10.0 Å². The minimum absolute atomic E-state index is 0.0964. The summed E-state index contributed by atoms with van der Waals surface area (Å²) in [5.74, 6) is 0. The summed E-state index contributed by atoms with van der Waals surface area (Å²) in [5, 5.41) is 8.95. The van der Waals surface area contributed by atoms with Gasteiger partial charge in [0.15, 0.2) is 5.69 Å². The van der Waals surface area contributed by atoms with Crippen molar-refractivity contribution in [2.75, 3.05) is 7.05 Å². The molecule has 0 atom stereocenters. The number of hydrogen-bond acceptors (Lipinski definition) is 5. The van der Waals surface area contributed by atoms with Crippen molar-refractivity contribution in [3.63, 3.8) is 0 Å². The Kier molecular flexibility index (Phi) is 4.08. The van der Waals surface area contributed by atoms with E-state index in [4.69, 9.17) is 5.26 Å². The lowest BCUT2D eigenvalue weighted by Crippen LogP contribution is -2.27. The normalized spacial score (nSPS) is 11.2. The van der Waals surface area contributed by atoms with Crippen molar-refractivity contribution in [1.29, 1.82) is 5.26 Å². The second-order valence-corrected chi connectivity index (χ2v) is 6.06. The van der Waals surface area contributed by atoms with Gasteiger partial charge in [0.05, 0.1) is 12.2 Å². The quantitative estimate of drug-likeness (QED) is 0.842. The summed E-state index contributed by atoms with van der Waals surface area (Å²) in [5.41, 5.74) is 0.515. The minimum Gasteiger partial charge on any atom is -0.260 e. The van der Waals surface area contributed by atoms with E-state index in [0.717, 1.165) is 4.31 Å². The van der Waals surface area contributed by atoms with E-state index in [0.29, 0.717) is 5.69 Å². The fourth-order valence-electron chi connectivity index (χ4n) is 1.66. The van der Waals surface area contributed by atoms with E-state index in [9.17, 15) is 8.42 Å². The van der Waals surface area contributed by atoms with Gasteiger partial charge < -0.3 is 0 Å². The van der Waals surface area contributed by atoms with Crippen LogP contribution in [0.3, 0.4) is 0 Å². The summed E-state index contributed by atoms with van der Waals surface area (Å²) in [4.78, 5) is 7.76. The molecule has 0 saturated heterocycles. The van der Waals surface area contributed by atoms with Crippen LogP contribution in [0.4, 0.5) is 0 Å². The predicted molar refractivity (Wildman–Crippen MR) is 71.8 cm³/mol. The first-order valence-electron chi connectivity index (χ1n) is 5.77. The predicted octanol–water partition coefficient (Wildman–Crippen LogP) is 1.17. The third-order valence-electron chi connectivity index (χ3n) is 2.68. The number of nitriles is 1. The molecule has 0 aliphatic rings. The van der Waals surface area contributed by atoms with Gasteiger partial charge in [0.1, 0.15) is 11.0 Å². The van der Waals surface area contributed by atoms with Crippen LogP contribution >= 0.6 is 0 Å². The maximum atomic E-state index is 12.4. The third kappa shape index (κ3) is 2.82. The SMILES string of the molecule is CN(Cc1ccccn1)S(=O)(=O)c1cccnc1C#N. The van der Waals surface area contributed by atoms with Gasteiger partial charge in [0.2, 0.25) is 10.0 Å². The van der Waals surface area contributed by atoms with Gasteiger partial charge in [-0.15, -0.1) is 0 Å². The monoisotopic (exact) mass is 288 g/mol. The molecule has 2 aromatic rings. The molecule has 20 heavy (non-hydrogen) atoms. The topological polar surface area (TPSA) is 87.0 Å². The zero-order valence-electron chi connectivity index (χ0n) is 10.8.